The Morgan fingerprint density at radius 1 is 0.897 bits per heavy atom. The maximum atomic E-state index is 13.7. The Kier molecular flexibility index (Phi) is 9.86. The molecule has 204 valence electrons. The Morgan fingerprint density at radius 2 is 1.62 bits per heavy atom. The van der Waals surface area contributed by atoms with E-state index in [-0.39, 0.29) is 24.2 Å². The van der Waals surface area contributed by atoms with Crippen LogP contribution in [0.5, 0.6) is 0 Å². The molecule has 3 aromatic carbocycles. The lowest BCUT2D eigenvalue weighted by atomic mass is 10.1. The van der Waals surface area contributed by atoms with E-state index < -0.39 is 0 Å². The molecule has 39 heavy (non-hydrogen) atoms. The van der Waals surface area contributed by atoms with Gasteiger partial charge >= 0.3 is 0 Å². The number of amides is 2. The number of para-hydroxylation sites is 1. The maximum Gasteiger partial charge on any atom is 0.254 e. The van der Waals surface area contributed by atoms with Gasteiger partial charge in [0.25, 0.3) is 5.91 Å². The van der Waals surface area contributed by atoms with E-state index in [1.54, 1.807) is 29.0 Å². The van der Waals surface area contributed by atoms with Gasteiger partial charge in [-0.05, 0) is 66.3 Å². The van der Waals surface area contributed by atoms with Crippen LogP contribution in [0, 0.1) is 5.82 Å². The molecule has 2 amide bonds. The van der Waals surface area contributed by atoms with Crippen LogP contribution in [0.4, 0.5) is 4.39 Å². The molecule has 0 unspecified atom stereocenters. The number of hydrogen-bond acceptors (Lipinski definition) is 3. The van der Waals surface area contributed by atoms with Crippen LogP contribution in [0.3, 0.4) is 0 Å². The van der Waals surface area contributed by atoms with E-state index in [2.05, 4.69) is 18.0 Å². The number of aryl methyl sites for hydroxylation is 1. The molecule has 0 aliphatic carbocycles. The number of nitrogens with one attached hydrogen (secondary N) is 1. The molecule has 0 bridgehead atoms. The summed E-state index contributed by atoms with van der Waals surface area (Å²) in [5, 5.41) is 1.12. The average Bonchev–Trinajstić information content (AvgIpc) is 3.38. The first-order valence-electron chi connectivity index (χ1n) is 13.4. The third-order valence-electron chi connectivity index (χ3n) is 6.96. The topological polar surface area (TPSA) is 65.6 Å². The van der Waals surface area contributed by atoms with Gasteiger partial charge in [0.15, 0.2) is 0 Å². The molecule has 0 atom stereocenters. The van der Waals surface area contributed by atoms with Gasteiger partial charge in [0.05, 0.1) is 0 Å². The predicted molar refractivity (Wildman–Crippen MR) is 152 cm³/mol. The Balaban J connectivity index is 1.53. The fourth-order valence-electron chi connectivity index (χ4n) is 4.68. The van der Waals surface area contributed by atoms with E-state index in [0.29, 0.717) is 44.6 Å². The third kappa shape index (κ3) is 7.54. The van der Waals surface area contributed by atoms with Crippen molar-refractivity contribution in [2.75, 3.05) is 33.4 Å². The second kappa shape index (κ2) is 13.7. The van der Waals surface area contributed by atoms with Crippen molar-refractivity contribution in [1.29, 1.82) is 0 Å². The number of fused-ring (bicyclic) bond motifs is 1. The Labute approximate surface area is 229 Å². The highest BCUT2D eigenvalue weighted by molar-refractivity contribution is 5.96. The van der Waals surface area contributed by atoms with Crippen LogP contribution in [0.2, 0.25) is 0 Å². The zero-order chi connectivity index (χ0) is 27.6. The van der Waals surface area contributed by atoms with Crippen molar-refractivity contribution in [2.24, 2.45) is 0 Å². The molecular formula is C32H36FN3O3. The maximum absolute atomic E-state index is 13.7. The minimum Gasteiger partial charge on any atom is -0.385 e. The Bertz CT molecular complexity index is 1370. The summed E-state index contributed by atoms with van der Waals surface area (Å²) in [6.07, 6.45) is 4.13. The normalized spacial score (nSPS) is 11.1. The molecule has 4 aromatic rings. The van der Waals surface area contributed by atoms with Crippen LogP contribution in [0.1, 0.15) is 40.4 Å². The van der Waals surface area contributed by atoms with Crippen LogP contribution < -0.4 is 0 Å². The number of nitrogens with zero attached hydrogens (tertiary/aromatic N) is 2. The predicted octanol–water partition coefficient (Wildman–Crippen LogP) is 5.62. The van der Waals surface area contributed by atoms with Gasteiger partial charge in [0.2, 0.25) is 5.91 Å². The van der Waals surface area contributed by atoms with E-state index in [9.17, 15) is 14.0 Å². The molecule has 6 nitrogen and oxygen atoms in total. The zero-order valence-corrected chi connectivity index (χ0v) is 22.7. The van der Waals surface area contributed by atoms with Crippen molar-refractivity contribution in [1.82, 2.24) is 14.8 Å². The van der Waals surface area contributed by atoms with E-state index in [1.807, 2.05) is 48.7 Å². The second-order valence-corrected chi connectivity index (χ2v) is 9.67. The van der Waals surface area contributed by atoms with Crippen LogP contribution >= 0.6 is 0 Å². The number of rotatable bonds is 13. The largest absolute Gasteiger partial charge is 0.385 e. The number of halogens is 1. The van der Waals surface area contributed by atoms with Gasteiger partial charge in [-0.1, -0.05) is 49.4 Å². The van der Waals surface area contributed by atoms with E-state index in [0.717, 1.165) is 34.0 Å². The smallest absolute Gasteiger partial charge is 0.254 e. The fourth-order valence-corrected chi connectivity index (χ4v) is 4.68. The first-order valence-corrected chi connectivity index (χ1v) is 13.4. The molecule has 0 saturated heterocycles. The average molecular weight is 530 g/mol. The summed E-state index contributed by atoms with van der Waals surface area (Å²) < 4.78 is 18.7. The molecule has 1 N–H and O–H groups in total. The summed E-state index contributed by atoms with van der Waals surface area (Å²) >= 11 is 0. The van der Waals surface area contributed by atoms with E-state index in [4.69, 9.17) is 4.74 Å². The minimum absolute atomic E-state index is 0.0485. The molecule has 1 heterocycles. The first kappa shape index (κ1) is 28.0. The number of hydrogen-bond donors (Lipinski definition) is 1. The number of methoxy groups -OCH3 is 1. The number of ether oxygens (including phenoxy) is 1. The van der Waals surface area contributed by atoms with Gasteiger partial charge in [0, 0.05) is 56.0 Å². The van der Waals surface area contributed by atoms with Gasteiger partial charge < -0.3 is 19.5 Å². The molecule has 0 radical (unpaired) electrons. The zero-order valence-electron chi connectivity index (χ0n) is 22.7. The van der Waals surface area contributed by atoms with E-state index >= 15 is 0 Å². The summed E-state index contributed by atoms with van der Waals surface area (Å²) in [7, 11) is 1.62. The SMILES string of the molecule is CCc1ccc(C(=O)N(CCCOC)CC(=O)N(CCc2c[nH]c3ccccc23)Cc2ccc(F)cc2)cc1. The number of benzene rings is 3. The van der Waals surface area contributed by atoms with Crippen molar-refractivity contribution in [3.8, 4) is 0 Å². The Hall–Kier alpha value is -3.97. The number of aromatic amines is 1. The highest BCUT2D eigenvalue weighted by Gasteiger charge is 2.23. The van der Waals surface area contributed by atoms with Crippen LogP contribution in [-0.2, 0) is 28.9 Å². The van der Waals surface area contributed by atoms with Gasteiger partial charge in [-0.2, -0.15) is 0 Å². The summed E-state index contributed by atoms with van der Waals surface area (Å²) in [5.74, 6) is -0.657. The van der Waals surface area contributed by atoms with Crippen LogP contribution in [0.15, 0.2) is 79.0 Å². The van der Waals surface area contributed by atoms with Crippen molar-refractivity contribution < 1.29 is 18.7 Å². The highest BCUT2D eigenvalue weighted by atomic mass is 19.1. The summed E-state index contributed by atoms with van der Waals surface area (Å²) in [6.45, 7) is 3.70. The molecule has 4 rings (SSSR count). The van der Waals surface area contributed by atoms with Gasteiger partial charge in [-0.15, -0.1) is 0 Å². The van der Waals surface area contributed by atoms with Crippen LogP contribution in [-0.4, -0.2) is 59.9 Å². The number of carbonyl (C=O) groups excluding carboxylic acids is 2. The lowest BCUT2D eigenvalue weighted by Crippen LogP contribution is -2.44. The molecule has 1 aromatic heterocycles. The lowest BCUT2D eigenvalue weighted by molar-refractivity contribution is -0.132. The molecule has 0 fully saturated rings. The number of H-pyrrole nitrogens is 1. The quantitative estimate of drug-likeness (QED) is 0.229. The molecule has 0 aliphatic rings. The van der Waals surface area contributed by atoms with Crippen molar-refractivity contribution in [3.05, 3.63) is 107 Å². The highest BCUT2D eigenvalue weighted by Crippen LogP contribution is 2.19. The number of carbonyl (C=O) groups is 2. The van der Waals surface area contributed by atoms with Crippen molar-refractivity contribution >= 4 is 22.7 Å². The molecule has 7 heteroatoms. The van der Waals surface area contributed by atoms with Gasteiger partial charge in [0.1, 0.15) is 12.4 Å². The molecular weight excluding hydrogens is 493 g/mol. The molecule has 0 spiro atoms. The Morgan fingerprint density at radius 3 is 2.33 bits per heavy atom. The lowest BCUT2D eigenvalue weighted by Gasteiger charge is -2.28. The number of aromatic nitrogens is 1. The van der Waals surface area contributed by atoms with Crippen molar-refractivity contribution in [3.63, 3.8) is 0 Å². The monoisotopic (exact) mass is 529 g/mol. The van der Waals surface area contributed by atoms with E-state index in [1.165, 1.54) is 12.1 Å². The summed E-state index contributed by atoms with van der Waals surface area (Å²) in [4.78, 5) is 33.8. The third-order valence-corrected chi connectivity index (χ3v) is 6.96. The minimum atomic E-state index is -0.320. The van der Waals surface area contributed by atoms with Gasteiger partial charge in [-0.3, -0.25) is 9.59 Å². The summed E-state index contributed by atoms with van der Waals surface area (Å²) in [5.41, 5.74) is 4.70. The molecule has 0 saturated carbocycles. The molecule has 0 aliphatic heterocycles. The standard InChI is InChI=1S/C32H36FN3O3/c1-3-24-9-13-26(14-10-24)32(38)36(18-6-20-39-2)23-31(37)35(22-25-11-15-28(33)16-12-25)19-17-27-21-34-30-8-5-4-7-29(27)30/h4-5,7-16,21,34H,3,6,17-20,22-23H2,1-2H3. The second-order valence-electron chi connectivity index (χ2n) is 9.67. The van der Waals surface area contributed by atoms with Crippen molar-refractivity contribution in [2.45, 2.75) is 32.7 Å². The van der Waals surface area contributed by atoms with Crippen LogP contribution in [0.25, 0.3) is 10.9 Å². The summed E-state index contributed by atoms with van der Waals surface area (Å²) in [6, 6.07) is 21.8. The first-order chi connectivity index (χ1) is 19.0. The fraction of sp³-hybridized carbons (Fsp3) is 0.312. The van der Waals surface area contributed by atoms with Gasteiger partial charge in [-0.25, -0.2) is 4.39 Å².